The zero-order valence-electron chi connectivity index (χ0n) is 10.5. The molecule has 0 aliphatic heterocycles. The van der Waals surface area contributed by atoms with Crippen molar-refractivity contribution in [1.82, 2.24) is 4.98 Å². The SMILES string of the molecule is C[C@H](O)[C@@H](C)SCc1coc(-c2ccccc2)n1. The van der Waals surface area contributed by atoms with Crippen LogP contribution in [0.15, 0.2) is 41.0 Å². The molecule has 0 aliphatic rings. The van der Waals surface area contributed by atoms with E-state index in [0.717, 1.165) is 17.0 Å². The molecule has 0 unspecified atom stereocenters. The van der Waals surface area contributed by atoms with Crippen molar-refractivity contribution in [2.75, 3.05) is 0 Å². The smallest absolute Gasteiger partial charge is 0.226 e. The Hall–Kier alpha value is -1.26. The first-order valence-corrected chi connectivity index (χ1v) is 7.01. The highest BCUT2D eigenvalue weighted by molar-refractivity contribution is 7.99. The van der Waals surface area contributed by atoms with Gasteiger partial charge in [-0.2, -0.15) is 0 Å². The maximum atomic E-state index is 9.42. The van der Waals surface area contributed by atoms with Gasteiger partial charge in [0.1, 0.15) is 6.26 Å². The summed E-state index contributed by atoms with van der Waals surface area (Å²) in [5.74, 6) is 1.40. The van der Waals surface area contributed by atoms with Crippen molar-refractivity contribution in [2.45, 2.75) is 31.0 Å². The van der Waals surface area contributed by atoms with Crippen LogP contribution in [-0.2, 0) is 5.75 Å². The first-order chi connectivity index (χ1) is 8.66. The van der Waals surface area contributed by atoms with Crippen LogP contribution >= 0.6 is 11.8 Å². The second kappa shape index (κ2) is 6.07. The van der Waals surface area contributed by atoms with Gasteiger partial charge < -0.3 is 9.52 Å². The lowest BCUT2D eigenvalue weighted by atomic mass is 10.2. The molecule has 0 bridgehead atoms. The van der Waals surface area contributed by atoms with Crippen LogP contribution in [0.4, 0.5) is 0 Å². The lowest BCUT2D eigenvalue weighted by Crippen LogP contribution is -2.15. The highest BCUT2D eigenvalue weighted by Gasteiger charge is 2.11. The van der Waals surface area contributed by atoms with Crippen molar-refractivity contribution in [3.8, 4) is 11.5 Å². The van der Waals surface area contributed by atoms with Crippen LogP contribution in [0.1, 0.15) is 19.5 Å². The molecule has 3 nitrogen and oxygen atoms in total. The highest BCUT2D eigenvalue weighted by atomic mass is 32.2. The normalized spacial score (nSPS) is 14.4. The maximum absolute atomic E-state index is 9.42. The third-order valence-electron chi connectivity index (χ3n) is 2.75. The monoisotopic (exact) mass is 263 g/mol. The van der Waals surface area contributed by atoms with Crippen molar-refractivity contribution in [3.05, 3.63) is 42.3 Å². The van der Waals surface area contributed by atoms with E-state index in [1.165, 1.54) is 0 Å². The molecule has 4 heteroatoms. The fraction of sp³-hybridized carbons (Fsp3) is 0.357. The Kier molecular flexibility index (Phi) is 4.44. The van der Waals surface area contributed by atoms with Crippen LogP contribution in [0.5, 0.6) is 0 Å². The van der Waals surface area contributed by atoms with E-state index in [-0.39, 0.29) is 11.4 Å². The Labute approximate surface area is 111 Å². The molecule has 2 atom stereocenters. The lowest BCUT2D eigenvalue weighted by molar-refractivity contribution is 0.196. The molecule has 0 amide bonds. The van der Waals surface area contributed by atoms with Gasteiger partial charge in [0, 0.05) is 16.6 Å². The number of benzene rings is 1. The van der Waals surface area contributed by atoms with Crippen molar-refractivity contribution < 1.29 is 9.52 Å². The van der Waals surface area contributed by atoms with Crippen molar-refractivity contribution in [2.24, 2.45) is 0 Å². The number of aromatic nitrogens is 1. The molecule has 1 aromatic heterocycles. The highest BCUT2D eigenvalue weighted by Crippen LogP contribution is 2.23. The fourth-order valence-corrected chi connectivity index (χ4v) is 2.29. The van der Waals surface area contributed by atoms with E-state index in [1.54, 1.807) is 24.9 Å². The summed E-state index contributed by atoms with van der Waals surface area (Å²) >= 11 is 1.67. The number of hydrogen-bond donors (Lipinski definition) is 1. The van der Waals surface area contributed by atoms with E-state index in [1.807, 2.05) is 37.3 Å². The summed E-state index contributed by atoms with van der Waals surface area (Å²) in [7, 11) is 0. The second-order valence-corrected chi connectivity index (χ2v) is 5.63. The molecule has 0 fully saturated rings. The molecule has 1 heterocycles. The minimum Gasteiger partial charge on any atom is -0.444 e. The van der Waals surface area contributed by atoms with Crippen molar-refractivity contribution in [3.63, 3.8) is 0 Å². The summed E-state index contributed by atoms with van der Waals surface area (Å²) < 4.78 is 5.46. The average molecular weight is 263 g/mol. The van der Waals surface area contributed by atoms with E-state index in [9.17, 15) is 5.11 Å². The van der Waals surface area contributed by atoms with Gasteiger partial charge >= 0.3 is 0 Å². The third-order valence-corrected chi connectivity index (χ3v) is 4.13. The number of thioether (sulfide) groups is 1. The zero-order chi connectivity index (χ0) is 13.0. The molecule has 1 N–H and O–H groups in total. The van der Waals surface area contributed by atoms with Crippen LogP contribution in [0, 0.1) is 0 Å². The summed E-state index contributed by atoms with van der Waals surface area (Å²) in [6.45, 7) is 3.81. The van der Waals surface area contributed by atoms with Crippen molar-refractivity contribution in [1.29, 1.82) is 0 Å². The average Bonchev–Trinajstić information content (AvgIpc) is 2.85. The second-order valence-electron chi connectivity index (χ2n) is 4.27. The van der Waals surface area contributed by atoms with Gasteiger partial charge in [0.2, 0.25) is 5.89 Å². The Bertz CT molecular complexity index is 482. The zero-order valence-corrected chi connectivity index (χ0v) is 11.4. The standard InChI is InChI=1S/C14H17NO2S/c1-10(16)11(2)18-9-13-8-17-14(15-13)12-6-4-3-5-7-12/h3-8,10-11,16H,9H2,1-2H3/t10-,11+/m0/s1. The lowest BCUT2D eigenvalue weighted by Gasteiger charge is -2.12. The molecule has 96 valence electrons. The fourth-order valence-electron chi connectivity index (χ4n) is 1.44. The summed E-state index contributed by atoms with van der Waals surface area (Å²) in [6.07, 6.45) is 1.37. The molecule has 2 aromatic rings. The molecular formula is C14H17NO2S. The molecule has 0 spiro atoms. The number of nitrogens with zero attached hydrogens (tertiary/aromatic N) is 1. The maximum Gasteiger partial charge on any atom is 0.226 e. The summed E-state index contributed by atoms with van der Waals surface area (Å²) in [5.41, 5.74) is 1.89. The van der Waals surface area contributed by atoms with E-state index in [0.29, 0.717) is 5.89 Å². The largest absolute Gasteiger partial charge is 0.444 e. The Morgan fingerprint density at radius 1 is 1.28 bits per heavy atom. The Morgan fingerprint density at radius 2 is 2.00 bits per heavy atom. The van der Waals surface area contributed by atoms with Crippen LogP contribution in [0.3, 0.4) is 0 Å². The Balaban J connectivity index is 1.99. The first-order valence-electron chi connectivity index (χ1n) is 5.96. The van der Waals surface area contributed by atoms with E-state index in [4.69, 9.17) is 4.42 Å². The van der Waals surface area contributed by atoms with Gasteiger partial charge in [0.15, 0.2) is 0 Å². The topological polar surface area (TPSA) is 46.3 Å². The summed E-state index contributed by atoms with van der Waals surface area (Å²) in [5, 5.41) is 9.61. The minimum atomic E-state index is -0.310. The predicted molar refractivity (Wildman–Crippen MR) is 74.4 cm³/mol. The Morgan fingerprint density at radius 3 is 2.67 bits per heavy atom. The van der Waals surface area contributed by atoms with Gasteiger partial charge in [0.25, 0.3) is 0 Å². The molecule has 2 rings (SSSR count). The van der Waals surface area contributed by atoms with Gasteiger partial charge in [-0.25, -0.2) is 4.98 Å². The molecule has 18 heavy (non-hydrogen) atoms. The van der Waals surface area contributed by atoms with Crippen molar-refractivity contribution >= 4 is 11.8 Å². The van der Waals surface area contributed by atoms with Gasteiger partial charge in [0.05, 0.1) is 11.8 Å². The number of hydrogen-bond acceptors (Lipinski definition) is 4. The molecule has 0 saturated heterocycles. The van der Waals surface area contributed by atoms with Crippen LogP contribution in [0.25, 0.3) is 11.5 Å². The van der Waals surface area contributed by atoms with Gasteiger partial charge in [-0.1, -0.05) is 25.1 Å². The molecule has 1 aromatic carbocycles. The molecular weight excluding hydrogens is 246 g/mol. The third kappa shape index (κ3) is 3.37. The molecule has 0 aliphatic carbocycles. The first kappa shape index (κ1) is 13.2. The van der Waals surface area contributed by atoms with E-state index in [2.05, 4.69) is 4.98 Å². The van der Waals surface area contributed by atoms with Gasteiger partial charge in [-0.3, -0.25) is 0 Å². The summed E-state index contributed by atoms with van der Waals surface area (Å²) in [4.78, 5) is 4.44. The van der Waals surface area contributed by atoms with Gasteiger partial charge in [-0.15, -0.1) is 11.8 Å². The van der Waals surface area contributed by atoms with Gasteiger partial charge in [-0.05, 0) is 19.1 Å². The van der Waals surface area contributed by atoms with Crippen LogP contribution in [-0.4, -0.2) is 21.4 Å². The molecule has 0 saturated carbocycles. The summed E-state index contributed by atoms with van der Waals surface area (Å²) in [6, 6.07) is 9.84. The number of aliphatic hydroxyl groups is 1. The van der Waals surface area contributed by atoms with Crippen LogP contribution < -0.4 is 0 Å². The number of rotatable bonds is 5. The molecule has 0 radical (unpaired) electrons. The quantitative estimate of drug-likeness (QED) is 0.898. The van der Waals surface area contributed by atoms with E-state index >= 15 is 0 Å². The minimum absolute atomic E-state index is 0.196. The van der Waals surface area contributed by atoms with E-state index < -0.39 is 0 Å². The number of oxazole rings is 1. The van der Waals surface area contributed by atoms with Crippen LogP contribution in [0.2, 0.25) is 0 Å². The number of aliphatic hydroxyl groups excluding tert-OH is 1. The predicted octanol–water partition coefficient (Wildman–Crippen LogP) is 3.34.